The molecule has 4 atom stereocenters. The molecule has 27 heavy (non-hydrogen) atoms. The molecule has 0 saturated carbocycles. The first kappa shape index (κ1) is 17.9. The van der Waals surface area contributed by atoms with E-state index >= 15 is 0 Å². The summed E-state index contributed by atoms with van der Waals surface area (Å²) in [5.74, 6) is -1.18. The van der Waals surface area contributed by atoms with Gasteiger partial charge in [0.1, 0.15) is 12.7 Å². The van der Waals surface area contributed by atoms with Gasteiger partial charge in [0.25, 0.3) is 0 Å². The molecule has 3 aliphatic heterocycles. The predicted octanol–water partition coefficient (Wildman–Crippen LogP) is 1.23. The lowest BCUT2D eigenvalue weighted by Crippen LogP contribution is -2.56. The van der Waals surface area contributed by atoms with Crippen LogP contribution < -0.4 is 5.32 Å². The number of carbonyl (C=O) groups is 2. The number of alkyl carbamates (subject to hydrolysis) is 1. The normalized spacial score (nSPS) is 35.1. The Morgan fingerprint density at radius 1 is 1.26 bits per heavy atom. The molecular weight excluding hydrogens is 356 g/mol. The molecule has 3 saturated heterocycles. The minimum absolute atomic E-state index is 0.165. The zero-order valence-electron chi connectivity index (χ0n) is 15.1. The van der Waals surface area contributed by atoms with Gasteiger partial charge in [-0.15, -0.1) is 0 Å². The summed E-state index contributed by atoms with van der Waals surface area (Å²) in [7, 11) is 1.52. The number of nitrogens with one attached hydrogen (secondary N) is 1. The van der Waals surface area contributed by atoms with E-state index in [1.165, 1.54) is 7.05 Å². The predicted molar refractivity (Wildman–Crippen MR) is 91.1 cm³/mol. The Bertz CT molecular complexity index is 794. The molecule has 1 aromatic carbocycles. The molecule has 144 valence electrons. The van der Waals surface area contributed by atoms with Crippen molar-refractivity contribution in [3.8, 4) is 0 Å². The Hall–Kier alpha value is -2.49. The van der Waals surface area contributed by atoms with E-state index in [1.54, 1.807) is 44.2 Å². The van der Waals surface area contributed by atoms with Gasteiger partial charge in [-0.05, 0) is 26.0 Å². The summed E-state index contributed by atoms with van der Waals surface area (Å²) >= 11 is 0. The van der Waals surface area contributed by atoms with Crippen LogP contribution in [0.2, 0.25) is 0 Å². The van der Waals surface area contributed by atoms with E-state index in [1.807, 2.05) is 0 Å². The number of aliphatic imine (C=N–C) groups is 1. The van der Waals surface area contributed by atoms with Crippen LogP contribution in [0.5, 0.6) is 0 Å². The quantitative estimate of drug-likeness (QED) is 0.791. The van der Waals surface area contributed by atoms with Crippen molar-refractivity contribution >= 4 is 17.9 Å². The third-order valence-electron chi connectivity index (χ3n) is 4.71. The van der Waals surface area contributed by atoms with Crippen LogP contribution in [0.3, 0.4) is 0 Å². The largest absolute Gasteiger partial charge is 0.459 e. The summed E-state index contributed by atoms with van der Waals surface area (Å²) in [5.41, 5.74) is -0.967. The number of rotatable bonds is 3. The van der Waals surface area contributed by atoms with Crippen LogP contribution in [0.1, 0.15) is 24.2 Å². The second-order valence-electron chi connectivity index (χ2n) is 6.89. The highest BCUT2D eigenvalue weighted by atomic mass is 16.8. The number of amides is 1. The average molecular weight is 376 g/mol. The smallest absolute Gasteiger partial charge is 0.413 e. The van der Waals surface area contributed by atoms with Gasteiger partial charge in [-0.3, -0.25) is 10.3 Å². The fourth-order valence-corrected chi connectivity index (χ4v) is 3.60. The molecular formula is C18H20N2O7. The van der Waals surface area contributed by atoms with Crippen molar-refractivity contribution in [2.24, 2.45) is 4.99 Å². The lowest BCUT2D eigenvalue weighted by Gasteiger charge is -2.32. The molecule has 3 aliphatic rings. The second kappa shape index (κ2) is 6.29. The Morgan fingerprint density at radius 3 is 2.70 bits per heavy atom. The zero-order valence-corrected chi connectivity index (χ0v) is 15.1. The molecule has 1 N–H and O–H groups in total. The van der Waals surface area contributed by atoms with Crippen LogP contribution in [0.15, 0.2) is 35.3 Å². The van der Waals surface area contributed by atoms with Crippen molar-refractivity contribution < 1.29 is 33.3 Å². The van der Waals surface area contributed by atoms with Crippen LogP contribution in [-0.2, 0) is 23.7 Å². The van der Waals surface area contributed by atoms with Crippen LogP contribution in [0, 0.1) is 0 Å². The fourth-order valence-electron chi connectivity index (χ4n) is 3.60. The van der Waals surface area contributed by atoms with Gasteiger partial charge in [0.15, 0.2) is 24.0 Å². The molecule has 0 unspecified atom stereocenters. The summed E-state index contributed by atoms with van der Waals surface area (Å²) in [6.45, 7) is 3.31. The molecule has 1 spiro atoms. The fraction of sp³-hybridized carbons (Fsp3) is 0.500. The number of hydrogen-bond acceptors (Lipinski definition) is 8. The molecule has 0 aromatic heterocycles. The number of fused-ring (bicyclic) bond motifs is 2. The van der Waals surface area contributed by atoms with E-state index in [0.717, 1.165) is 0 Å². The van der Waals surface area contributed by atoms with E-state index in [0.29, 0.717) is 5.56 Å². The molecule has 9 nitrogen and oxygen atoms in total. The number of esters is 1. The lowest BCUT2D eigenvalue weighted by molar-refractivity contribution is -0.223. The molecule has 9 heteroatoms. The Labute approximate surface area is 155 Å². The molecule has 0 bridgehead atoms. The number of carbonyl (C=O) groups excluding carboxylic acids is 2. The average Bonchev–Trinajstić information content (AvgIpc) is 3.23. The molecule has 3 heterocycles. The summed E-state index contributed by atoms with van der Waals surface area (Å²) < 4.78 is 28.5. The van der Waals surface area contributed by atoms with Gasteiger partial charge in [-0.1, -0.05) is 18.2 Å². The molecule has 0 radical (unpaired) electrons. The van der Waals surface area contributed by atoms with Gasteiger partial charge >= 0.3 is 12.1 Å². The van der Waals surface area contributed by atoms with E-state index in [2.05, 4.69) is 10.3 Å². The number of amidine groups is 1. The summed E-state index contributed by atoms with van der Waals surface area (Å²) in [6, 6.07) is 8.57. The monoisotopic (exact) mass is 376 g/mol. The van der Waals surface area contributed by atoms with Crippen molar-refractivity contribution in [1.29, 1.82) is 0 Å². The van der Waals surface area contributed by atoms with Gasteiger partial charge in [-0.25, -0.2) is 9.59 Å². The third-order valence-corrected chi connectivity index (χ3v) is 4.71. The van der Waals surface area contributed by atoms with E-state index in [9.17, 15) is 9.59 Å². The minimum Gasteiger partial charge on any atom is -0.459 e. The number of nitrogens with zero attached hydrogens (tertiary/aromatic N) is 1. The number of ether oxygens (including phenoxy) is 5. The highest BCUT2D eigenvalue weighted by molar-refractivity contribution is 6.07. The molecule has 4 rings (SSSR count). The summed E-state index contributed by atoms with van der Waals surface area (Å²) in [5, 5.41) is 2.56. The highest BCUT2D eigenvalue weighted by Gasteiger charge is 2.71. The summed E-state index contributed by atoms with van der Waals surface area (Å²) in [6.07, 6.45) is -3.04. The first-order valence-corrected chi connectivity index (χ1v) is 8.56. The van der Waals surface area contributed by atoms with Crippen molar-refractivity contribution in [3.63, 3.8) is 0 Å². The standard InChI is InChI=1S/C18H20N2O7/c1-17(2)25-12-14(26-17)24-11(18(12)15(19-3)20-16(22)27-18)9-23-13(21)10-7-5-4-6-8-10/h4-8,11-12,14H,9H2,1-3H3,(H,19,20,22)/t11-,12+,14-,18-/m1/s1. The van der Waals surface area contributed by atoms with Gasteiger partial charge in [-0.2, -0.15) is 0 Å². The topological polar surface area (TPSA) is 105 Å². The van der Waals surface area contributed by atoms with Crippen molar-refractivity contribution in [2.45, 2.75) is 43.7 Å². The molecule has 1 aromatic rings. The Morgan fingerprint density at radius 2 is 2.00 bits per heavy atom. The number of hydrogen-bond donors (Lipinski definition) is 1. The van der Waals surface area contributed by atoms with E-state index in [4.69, 9.17) is 23.7 Å². The van der Waals surface area contributed by atoms with Crippen molar-refractivity contribution in [3.05, 3.63) is 35.9 Å². The van der Waals surface area contributed by atoms with E-state index in [-0.39, 0.29) is 12.4 Å². The van der Waals surface area contributed by atoms with Crippen molar-refractivity contribution in [2.75, 3.05) is 13.7 Å². The van der Waals surface area contributed by atoms with Gasteiger partial charge in [0.2, 0.25) is 5.60 Å². The second-order valence-corrected chi connectivity index (χ2v) is 6.89. The maximum Gasteiger partial charge on any atom is 0.413 e. The first-order chi connectivity index (χ1) is 12.9. The highest BCUT2D eigenvalue weighted by Crippen LogP contribution is 2.47. The maximum atomic E-state index is 12.3. The lowest BCUT2D eigenvalue weighted by atomic mass is 9.91. The Kier molecular flexibility index (Phi) is 4.17. The van der Waals surface area contributed by atoms with E-state index < -0.39 is 41.9 Å². The third kappa shape index (κ3) is 2.88. The maximum absolute atomic E-state index is 12.3. The Balaban J connectivity index is 1.59. The zero-order chi connectivity index (χ0) is 19.2. The molecule has 0 aliphatic carbocycles. The molecule has 3 fully saturated rings. The van der Waals surface area contributed by atoms with Gasteiger partial charge in [0, 0.05) is 7.05 Å². The number of benzene rings is 1. The summed E-state index contributed by atoms with van der Waals surface area (Å²) in [4.78, 5) is 28.4. The molecule has 1 amide bonds. The SMILES string of the molecule is CN=C1NC(=O)O[C@@]12[C@@H](COC(=O)c1ccccc1)O[C@@H]1OC(C)(C)O[C@@H]12. The van der Waals surface area contributed by atoms with Crippen LogP contribution >= 0.6 is 0 Å². The minimum atomic E-state index is -1.37. The van der Waals surface area contributed by atoms with Crippen LogP contribution in [-0.4, -0.2) is 61.4 Å². The van der Waals surface area contributed by atoms with Crippen molar-refractivity contribution in [1.82, 2.24) is 5.32 Å². The van der Waals surface area contributed by atoms with Gasteiger partial charge < -0.3 is 23.7 Å². The first-order valence-electron chi connectivity index (χ1n) is 8.56. The van der Waals surface area contributed by atoms with Crippen LogP contribution in [0.25, 0.3) is 0 Å². The van der Waals surface area contributed by atoms with Crippen LogP contribution in [0.4, 0.5) is 4.79 Å². The van der Waals surface area contributed by atoms with Gasteiger partial charge in [0.05, 0.1) is 5.56 Å².